The Labute approximate surface area is 81.7 Å². The molecule has 0 atom stereocenters. The summed E-state index contributed by atoms with van der Waals surface area (Å²) in [4.78, 5) is 19.6. The first-order valence-corrected chi connectivity index (χ1v) is 4.66. The van der Waals surface area contributed by atoms with Gasteiger partial charge in [-0.15, -0.1) is 0 Å². The molecule has 1 aliphatic heterocycles. The second-order valence-electron chi connectivity index (χ2n) is 3.32. The molecule has 5 nitrogen and oxygen atoms in total. The van der Waals surface area contributed by atoms with E-state index < -0.39 is 0 Å². The smallest absolute Gasteiger partial charge is 0.346 e. The molecule has 0 unspecified atom stereocenters. The summed E-state index contributed by atoms with van der Waals surface area (Å²) in [5, 5.41) is 0. The highest BCUT2D eigenvalue weighted by molar-refractivity contribution is 5.44. The molecule has 1 saturated heterocycles. The van der Waals surface area contributed by atoms with Gasteiger partial charge in [0.15, 0.2) is 0 Å². The Hall–Kier alpha value is -1.36. The summed E-state index contributed by atoms with van der Waals surface area (Å²) >= 11 is 0. The van der Waals surface area contributed by atoms with E-state index in [4.69, 9.17) is 4.74 Å². The number of hydrogen-bond donors (Lipinski definition) is 1. The summed E-state index contributed by atoms with van der Waals surface area (Å²) in [7, 11) is 0. The van der Waals surface area contributed by atoms with Gasteiger partial charge in [0.1, 0.15) is 5.82 Å². The first-order valence-electron chi connectivity index (χ1n) is 4.66. The Bertz CT molecular complexity index is 369. The average Bonchev–Trinajstić information content (AvgIpc) is 2.23. The highest BCUT2D eigenvalue weighted by Gasteiger charge is 2.13. The van der Waals surface area contributed by atoms with Crippen molar-refractivity contribution in [2.75, 3.05) is 31.2 Å². The Kier molecular flexibility index (Phi) is 2.49. The standard InChI is InChI=1S/C9H13N3O2/c1-7-6-10-9(13)11-8(7)12-2-4-14-5-3-12/h6H,2-5H2,1H3,(H,10,11,13). The minimum Gasteiger partial charge on any atom is -0.378 e. The number of nitrogens with one attached hydrogen (secondary N) is 1. The van der Waals surface area contributed by atoms with Crippen molar-refractivity contribution in [1.29, 1.82) is 0 Å². The van der Waals surface area contributed by atoms with Gasteiger partial charge in [0.25, 0.3) is 0 Å². The summed E-state index contributed by atoms with van der Waals surface area (Å²) in [6.07, 6.45) is 1.60. The van der Waals surface area contributed by atoms with Gasteiger partial charge >= 0.3 is 5.69 Å². The lowest BCUT2D eigenvalue weighted by Gasteiger charge is -2.29. The zero-order valence-electron chi connectivity index (χ0n) is 8.12. The first kappa shape index (κ1) is 9.21. The Morgan fingerprint density at radius 3 is 2.93 bits per heavy atom. The number of aryl methyl sites for hydroxylation is 1. The molecule has 0 radical (unpaired) electrons. The van der Waals surface area contributed by atoms with E-state index in [0.29, 0.717) is 13.2 Å². The van der Waals surface area contributed by atoms with Crippen LogP contribution in [0.2, 0.25) is 0 Å². The monoisotopic (exact) mass is 195 g/mol. The third-order valence-corrected chi connectivity index (χ3v) is 2.30. The molecule has 0 aromatic carbocycles. The fraction of sp³-hybridized carbons (Fsp3) is 0.556. The Morgan fingerprint density at radius 1 is 1.50 bits per heavy atom. The zero-order chi connectivity index (χ0) is 9.97. The number of aromatic nitrogens is 2. The number of H-pyrrole nitrogens is 1. The quantitative estimate of drug-likeness (QED) is 0.680. The average molecular weight is 195 g/mol. The summed E-state index contributed by atoms with van der Waals surface area (Å²) < 4.78 is 5.24. The number of anilines is 1. The van der Waals surface area contributed by atoms with E-state index in [1.165, 1.54) is 0 Å². The van der Waals surface area contributed by atoms with Crippen molar-refractivity contribution in [1.82, 2.24) is 9.97 Å². The van der Waals surface area contributed by atoms with Gasteiger partial charge in [0.2, 0.25) is 0 Å². The van der Waals surface area contributed by atoms with E-state index >= 15 is 0 Å². The van der Waals surface area contributed by atoms with Crippen molar-refractivity contribution >= 4 is 5.82 Å². The highest BCUT2D eigenvalue weighted by Crippen LogP contribution is 2.14. The van der Waals surface area contributed by atoms with E-state index in [1.807, 2.05) is 6.92 Å². The van der Waals surface area contributed by atoms with Gasteiger partial charge in [0.05, 0.1) is 13.2 Å². The number of aromatic amines is 1. The van der Waals surface area contributed by atoms with E-state index in [2.05, 4.69) is 14.9 Å². The molecule has 0 aliphatic carbocycles. The predicted octanol–water partition coefficient (Wildman–Crippen LogP) is -0.0851. The molecule has 1 aromatic heterocycles. The number of rotatable bonds is 1. The number of morpholine rings is 1. The van der Waals surface area contributed by atoms with Gasteiger partial charge < -0.3 is 9.64 Å². The molecule has 0 bridgehead atoms. The van der Waals surface area contributed by atoms with Crippen LogP contribution in [0.4, 0.5) is 5.82 Å². The summed E-state index contributed by atoms with van der Waals surface area (Å²) in [6.45, 7) is 5.00. The van der Waals surface area contributed by atoms with Crippen LogP contribution >= 0.6 is 0 Å². The maximum Gasteiger partial charge on any atom is 0.346 e. The number of ether oxygens (including phenoxy) is 1. The van der Waals surface area contributed by atoms with E-state index in [-0.39, 0.29) is 5.69 Å². The number of nitrogens with zero attached hydrogens (tertiary/aromatic N) is 2. The summed E-state index contributed by atoms with van der Waals surface area (Å²) in [6, 6.07) is 0. The number of hydrogen-bond acceptors (Lipinski definition) is 4. The molecule has 2 rings (SSSR count). The molecule has 76 valence electrons. The molecular formula is C9H13N3O2. The topological polar surface area (TPSA) is 58.2 Å². The van der Waals surface area contributed by atoms with Crippen LogP contribution in [0.25, 0.3) is 0 Å². The van der Waals surface area contributed by atoms with Crippen molar-refractivity contribution in [2.24, 2.45) is 0 Å². The minimum absolute atomic E-state index is 0.294. The summed E-state index contributed by atoms with van der Waals surface area (Å²) in [5.41, 5.74) is 0.698. The van der Waals surface area contributed by atoms with Crippen molar-refractivity contribution in [3.05, 3.63) is 22.2 Å². The SMILES string of the molecule is Cc1cnc(=O)[nH]c1N1CCOCC1. The molecule has 5 heteroatoms. The third-order valence-electron chi connectivity index (χ3n) is 2.30. The minimum atomic E-state index is -0.294. The van der Waals surface area contributed by atoms with E-state index in [1.54, 1.807) is 6.20 Å². The van der Waals surface area contributed by atoms with Crippen LogP contribution < -0.4 is 10.6 Å². The van der Waals surface area contributed by atoms with Crippen molar-refractivity contribution in [3.8, 4) is 0 Å². The molecule has 0 amide bonds. The van der Waals surface area contributed by atoms with Crippen LogP contribution in [-0.4, -0.2) is 36.3 Å². The molecule has 1 fully saturated rings. The largest absolute Gasteiger partial charge is 0.378 e. The summed E-state index contributed by atoms with van der Waals surface area (Å²) in [5.74, 6) is 0.869. The second kappa shape index (κ2) is 3.79. The molecule has 0 spiro atoms. The molecule has 0 saturated carbocycles. The van der Waals surface area contributed by atoms with Crippen LogP contribution in [0.3, 0.4) is 0 Å². The fourth-order valence-corrected chi connectivity index (χ4v) is 1.56. The maximum atomic E-state index is 11.1. The van der Waals surface area contributed by atoms with Crippen molar-refractivity contribution in [3.63, 3.8) is 0 Å². The zero-order valence-corrected chi connectivity index (χ0v) is 8.12. The van der Waals surface area contributed by atoms with Crippen LogP contribution in [0.1, 0.15) is 5.56 Å². The highest BCUT2D eigenvalue weighted by atomic mass is 16.5. The predicted molar refractivity (Wildman–Crippen MR) is 52.6 cm³/mol. The van der Waals surface area contributed by atoms with E-state index in [0.717, 1.165) is 24.5 Å². The second-order valence-corrected chi connectivity index (χ2v) is 3.32. The lowest BCUT2D eigenvalue weighted by molar-refractivity contribution is 0.122. The van der Waals surface area contributed by atoms with Gasteiger partial charge in [-0.05, 0) is 6.92 Å². The molecular weight excluding hydrogens is 182 g/mol. The molecule has 1 aromatic rings. The third kappa shape index (κ3) is 1.77. The molecule has 1 N–H and O–H groups in total. The van der Waals surface area contributed by atoms with Crippen molar-refractivity contribution < 1.29 is 4.74 Å². The van der Waals surface area contributed by atoms with Crippen LogP contribution in [0.5, 0.6) is 0 Å². The molecule has 2 heterocycles. The lowest BCUT2D eigenvalue weighted by Crippen LogP contribution is -2.38. The Balaban J connectivity index is 2.29. The van der Waals surface area contributed by atoms with Gasteiger partial charge in [-0.3, -0.25) is 4.98 Å². The van der Waals surface area contributed by atoms with Gasteiger partial charge in [-0.25, -0.2) is 9.78 Å². The van der Waals surface area contributed by atoms with Gasteiger partial charge in [-0.1, -0.05) is 0 Å². The first-order chi connectivity index (χ1) is 6.77. The van der Waals surface area contributed by atoms with Gasteiger partial charge in [0, 0.05) is 24.8 Å². The molecule has 14 heavy (non-hydrogen) atoms. The van der Waals surface area contributed by atoms with Gasteiger partial charge in [-0.2, -0.15) is 0 Å². The lowest BCUT2D eigenvalue weighted by atomic mass is 10.3. The van der Waals surface area contributed by atoms with Crippen LogP contribution in [0.15, 0.2) is 11.0 Å². The van der Waals surface area contributed by atoms with Crippen LogP contribution in [-0.2, 0) is 4.74 Å². The fourth-order valence-electron chi connectivity index (χ4n) is 1.56. The van der Waals surface area contributed by atoms with Crippen LogP contribution in [0, 0.1) is 6.92 Å². The maximum absolute atomic E-state index is 11.1. The van der Waals surface area contributed by atoms with Crippen molar-refractivity contribution in [2.45, 2.75) is 6.92 Å². The molecule has 1 aliphatic rings. The Morgan fingerprint density at radius 2 is 2.21 bits per heavy atom. The van der Waals surface area contributed by atoms with E-state index in [9.17, 15) is 4.79 Å². The normalized spacial score (nSPS) is 17.1.